The number of benzene rings is 1. The summed E-state index contributed by atoms with van der Waals surface area (Å²) in [5, 5.41) is 12.9. The van der Waals surface area contributed by atoms with Crippen molar-refractivity contribution in [2.45, 2.75) is 44.0 Å². The molecule has 0 saturated heterocycles. The lowest BCUT2D eigenvalue weighted by atomic mass is 9.93. The minimum atomic E-state index is -4.44. The van der Waals surface area contributed by atoms with Gasteiger partial charge in [0, 0.05) is 12.2 Å². The van der Waals surface area contributed by atoms with E-state index in [1.807, 2.05) is 0 Å². The minimum Gasteiger partial charge on any atom is -0.393 e. The van der Waals surface area contributed by atoms with E-state index in [2.05, 4.69) is 15.3 Å². The highest BCUT2D eigenvalue weighted by Gasteiger charge is 2.30. The van der Waals surface area contributed by atoms with Gasteiger partial charge in [-0.15, -0.1) is 0 Å². The molecule has 0 aliphatic heterocycles. The van der Waals surface area contributed by atoms with Crippen LogP contribution in [0.5, 0.6) is 0 Å². The van der Waals surface area contributed by atoms with E-state index in [1.165, 1.54) is 18.3 Å². The van der Waals surface area contributed by atoms with Crippen LogP contribution in [0.1, 0.15) is 36.8 Å². The Balaban J connectivity index is 1.85. The molecule has 1 aliphatic rings. The van der Waals surface area contributed by atoms with Gasteiger partial charge in [-0.3, -0.25) is 4.79 Å². The van der Waals surface area contributed by atoms with Crippen molar-refractivity contribution in [3.8, 4) is 0 Å². The van der Waals surface area contributed by atoms with Gasteiger partial charge in [-0.25, -0.2) is 4.99 Å². The van der Waals surface area contributed by atoms with Gasteiger partial charge in [-0.05, 0) is 56.0 Å². The van der Waals surface area contributed by atoms with Gasteiger partial charge in [0.15, 0.2) is 0 Å². The van der Waals surface area contributed by atoms with Gasteiger partial charge >= 0.3 is 6.18 Å². The number of aromatic amines is 1. The molecule has 0 unspecified atom stereocenters. The van der Waals surface area contributed by atoms with Gasteiger partial charge < -0.3 is 21.1 Å². The third-order valence-electron chi connectivity index (χ3n) is 4.72. The Hall–Kier alpha value is -2.81. The molecule has 1 saturated carbocycles. The highest BCUT2D eigenvalue weighted by molar-refractivity contribution is 6.03. The van der Waals surface area contributed by atoms with E-state index in [0.29, 0.717) is 18.5 Å². The van der Waals surface area contributed by atoms with Crippen molar-refractivity contribution in [3.05, 3.63) is 58.0 Å². The third kappa shape index (κ3) is 4.72. The molecule has 9 heteroatoms. The van der Waals surface area contributed by atoms with Crippen LogP contribution in [0.25, 0.3) is 0 Å². The van der Waals surface area contributed by atoms with Crippen LogP contribution in [0, 0.1) is 0 Å². The molecule has 0 bridgehead atoms. The van der Waals surface area contributed by atoms with Gasteiger partial charge in [0.05, 0.1) is 23.0 Å². The molecule has 6 nitrogen and oxygen atoms in total. The average molecular weight is 394 g/mol. The molecule has 0 spiro atoms. The number of nitrogens with zero attached hydrogens (tertiary/aromatic N) is 1. The summed E-state index contributed by atoms with van der Waals surface area (Å²) in [4.78, 5) is 18.9. The summed E-state index contributed by atoms with van der Waals surface area (Å²) in [6, 6.07) is 5.96. The van der Waals surface area contributed by atoms with Gasteiger partial charge in [0.25, 0.3) is 5.56 Å². The molecule has 150 valence electrons. The molecule has 1 heterocycles. The summed E-state index contributed by atoms with van der Waals surface area (Å²) in [5.41, 5.74) is 5.61. The van der Waals surface area contributed by atoms with Crippen LogP contribution in [0.15, 0.2) is 46.3 Å². The summed E-state index contributed by atoms with van der Waals surface area (Å²) < 4.78 is 38.0. The molecule has 28 heavy (non-hydrogen) atoms. The molecule has 1 aromatic carbocycles. The SMILES string of the molecule is NC(=Nc1ccc(C(F)(F)F)cc1)c1c(NC2CCC(O)CC2)cc[nH]c1=O. The number of aliphatic imine (C=N–C) groups is 1. The van der Waals surface area contributed by atoms with Gasteiger partial charge in [-0.1, -0.05) is 0 Å². The number of pyridine rings is 1. The Bertz CT molecular complexity index is 899. The first-order valence-electron chi connectivity index (χ1n) is 8.92. The highest BCUT2D eigenvalue weighted by Crippen LogP contribution is 2.30. The van der Waals surface area contributed by atoms with E-state index in [0.717, 1.165) is 25.0 Å². The van der Waals surface area contributed by atoms with Crippen molar-refractivity contribution in [2.24, 2.45) is 10.7 Å². The summed E-state index contributed by atoms with van der Waals surface area (Å²) >= 11 is 0. The Morgan fingerprint density at radius 1 is 1.14 bits per heavy atom. The highest BCUT2D eigenvalue weighted by atomic mass is 19.4. The van der Waals surface area contributed by atoms with Crippen molar-refractivity contribution in [1.82, 2.24) is 4.98 Å². The Morgan fingerprint density at radius 2 is 1.79 bits per heavy atom. The van der Waals surface area contributed by atoms with Gasteiger partial charge in [0.2, 0.25) is 0 Å². The fourth-order valence-corrected chi connectivity index (χ4v) is 3.21. The number of halogens is 3. The van der Waals surface area contributed by atoms with E-state index >= 15 is 0 Å². The number of aromatic nitrogens is 1. The maximum absolute atomic E-state index is 12.7. The lowest BCUT2D eigenvalue weighted by Gasteiger charge is -2.27. The first-order valence-corrected chi connectivity index (χ1v) is 8.92. The van der Waals surface area contributed by atoms with Crippen molar-refractivity contribution in [1.29, 1.82) is 0 Å². The van der Waals surface area contributed by atoms with Crippen LogP contribution in [0.2, 0.25) is 0 Å². The summed E-state index contributed by atoms with van der Waals surface area (Å²) in [6.07, 6.45) is -0.404. The molecule has 2 aromatic rings. The number of alkyl halides is 3. The monoisotopic (exact) mass is 394 g/mol. The van der Waals surface area contributed by atoms with Crippen molar-refractivity contribution < 1.29 is 18.3 Å². The number of H-pyrrole nitrogens is 1. The van der Waals surface area contributed by atoms with Crippen molar-refractivity contribution in [2.75, 3.05) is 5.32 Å². The van der Waals surface area contributed by atoms with Crippen LogP contribution >= 0.6 is 0 Å². The number of amidine groups is 1. The second kappa shape index (κ2) is 8.05. The fraction of sp³-hybridized carbons (Fsp3) is 0.368. The number of rotatable bonds is 4. The number of hydrogen-bond acceptors (Lipinski definition) is 4. The first-order chi connectivity index (χ1) is 13.2. The molecule has 3 rings (SSSR count). The second-order valence-corrected chi connectivity index (χ2v) is 6.79. The predicted molar refractivity (Wildman–Crippen MR) is 101 cm³/mol. The maximum Gasteiger partial charge on any atom is 0.416 e. The number of aliphatic hydroxyl groups excluding tert-OH is 1. The Labute approximate surface area is 159 Å². The molecule has 1 aliphatic carbocycles. The van der Waals surface area contributed by atoms with Crippen LogP contribution < -0.4 is 16.6 Å². The normalized spacial score (nSPS) is 20.8. The maximum atomic E-state index is 12.7. The number of nitrogens with two attached hydrogens (primary N) is 1. The molecule has 1 fully saturated rings. The lowest BCUT2D eigenvalue weighted by Crippen LogP contribution is -2.32. The van der Waals surface area contributed by atoms with Gasteiger partial charge in [0.1, 0.15) is 11.4 Å². The number of hydrogen-bond donors (Lipinski definition) is 4. The van der Waals surface area contributed by atoms with E-state index < -0.39 is 17.3 Å². The third-order valence-corrected chi connectivity index (χ3v) is 4.72. The van der Waals surface area contributed by atoms with Crippen LogP contribution in [-0.2, 0) is 6.18 Å². The van der Waals surface area contributed by atoms with E-state index in [-0.39, 0.29) is 29.2 Å². The summed E-state index contributed by atoms with van der Waals surface area (Å²) in [5.74, 6) is -0.0973. The quantitative estimate of drug-likeness (QED) is 0.472. The summed E-state index contributed by atoms with van der Waals surface area (Å²) in [7, 11) is 0. The second-order valence-electron chi connectivity index (χ2n) is 6.79. The smallest absolute Gasteiger partial charge is 0.393 e. The zero-order chi connectivity index (χ0) is 20.3. The Morgan fingerprint density at radius 3 is 2.39 bits per heavy atom. The van der Waals surface area contributed by atoms with Crippen LogP contribution in [0.3, 0.4) is 0 Å². The van der Waals surface area contributed by atoms with Crippen LogP contribution in [0.4, 0.5) is 24.5 Å². The fourth-order valence-electron chi connectivity index (χ4n) is 3.21. The number of anilines is 1. The molecule has 0 atom stereocenters. The lowest BCUT2D eigenvalue weighted by molar-refractivity contribution is -0.137. The zero-order valence-electron chi connectivity index (χ0n) is 15.0. The largest absolute Gasteiger partial charge is 0.416 e. The number of nitrogens with one attached hydrogen (secondary N) is 2. The molecular formula is C19H21F3N4O2. The van der Waals surface area contributed by atoms with Crippen molar-refractivity contribution >= 4 is 17.2 Å². The van der Waals surface area contributed by atoms with E-state index in [9.17, 15) is 23.1 Å². The van der Waals surface area contributed by atoms with Gasteiger partial charge in [-0.2, -0.15) is 13.2 Å². The Kier molecular flexibility index (Phi) is 5.73. The zero-order valence-corrected chi connectivity index (χ0v) is 15.0. The first kappa shape index (κ1) is 19.9. The summed E-state index contributed by atoms with van der Waals surface area (Å²) in [6.45, 7) is 0. The molecule has 0 amide bonds. The van der Waals surface area contributed by atoms with E-state index in [4.69, 9.17) is 5.73 Å². The predicted octanol–water partition coefficient (Wildman–Crippen LogP) is 3.15. The average Bonchev–Trinajstić information content (AvgIpc) is 2.63. The standard InChI is InChI=1S/C19H21F3N4O2/c20-19(21,22)11-1-3-13(4-2-11)26-17(23)16-15(9-10-24-18(16)28)25-12-5-7-14(27)8-6-12/h1-4,9-10,12,14,27H,5-8H2,(H2,23,26)(H2,24,25,28). The molecular weight excluding hydrogens is 373 g/mol. The topological polar surface area (TPSA) is 104 Å². The minimum absolute atomic E-state index is 0.0859. The van der Waals surface area contributed by atoms with Crippen LogP contribution in [-0.4, -0.2) is 28.1 Å². The number of aliphatic hydroxyl groups is 1. The van der Waals surface area contributed by atoms with E-state index in [1.54, 1.807) is 6.07 Å². The molecule has 1 aromatic heterocycles. The molecule has 0 radical (unpaired) electrons. The van der Waals surface area contributed by atoms with Crippen molar-refractivity contribution in [3.63, 3.8) is 0 Å². The molecule has 5 N–H and O–H groups in total.